The van der Waals surface area contributed by atoms with Crippen molar-refractivity contribution in [1.29, 1.82) is 0 Å². The Labute approximate surface area is 130 Å². The topological polar surface area (TPSA) is 84.1 Å². The van der Waals surface area contributed by atoms with Gasteiger partial charge in [0.2, 0.25) is 5.95 Å². The van der Waals surface area contributed by atoms with Gasteiger partial charge in [-0.25, -0.2) is 4.98 Å². The maximum Gasteiger partial charge on any atom is 0.222 e. The maximum atomic E-state index is 5.73. The molecule has 1 fully saturated rings. The van der Waals surface area contributed by atoms with E-state index in [-0.39, 0.29) is 0 Å². The van der Waals surface area contributed by atoms with Crippen molar-refractivity contribution < 1.29 is 0 Å². The summed E-state index contributed by atoms with van der Waals surface area (Å²) in [7, 11) is 0. The van der Waals surface area contributed by atoms with Crippen LogP contribution in [0.25, 0.3) is 0 Å². The lowest BCUT2D eigenvalue weighted by atomic mass is 10.2. The fraction of sp³-hybridized carbons (Fsp3) is 0.467. The predicted molar refractivity (Wildman–Crippen MR) is 85.4 cm³/mol. The van der Waals surface area contributed by atoms with Crippen LogP contribution < -0.4 is 10.6 Å². The average molecular weight is 299 g/mol. The molecule has 3 heterocycles. The van der Waals surface area contributed by atoms with Crippen LogP contribution in [0, 0.1) is 13.8 Å². The minimum atomic E-state index is 0.340. The summed E-state index contributed by atoms with van der Waals surface area (Å²) < 4.78 is 0. The molecule has 7 heteroatoms. The molecule has 22 heavy (non-hydrogen) atoms. The Kier molecular flexibility index (Phi) is 4.15. The molecule has 2 N–H and O–H groups in total. The van der Waals surface area contributed by atoms with Gasteiger partial charge in [-0.3, -0.25) is 14.9 Å². The highest BCUT2D eigenvalue weighted by Gasteiger charge is 2.19. The third-order valence-electron chi connectivity index (χ3n) is 3.77. The van der Waals surface area contributed by atoms with Gasteiger partial charge in [0.25, 0.3) is 0 Å². The van der Waals surface area contributed by atoms with Crippen LogP contribution in [0.2, 0.25) is 0 Å². The van der Waals surface area contributed by atoms with Gasteiger partial charge in [0.1, 0.15) is 5.82 Å². The number of anilines is 2. The van der Waals surface area contributed by atoms with Crippen molar-refractivity contribution in [3.8, 4) is 0 Å². The zero-order chi connectivity index (χ0) is 15.5. The van der Waals surface area contributed by atoms with Gasteiger partial charge in [0, 0.05) is 56.9 Å². The molecule has 0 atom stereocenters. The van der Waals surface area contributed by atoms with Crippen molar-refractivity contribution in [3.05, 3.63) is 35.5 Å². The van der Waals surface area contributed by atoms with Gasteiger partial charge in [-0.05, 0) is 13.8 Å². The quantitative estimate of drug-likeness (QED) is 0.896. The molecule has 7 nitrogen and oxygen atoms in total. The molecule has 0 radical (unpaired) electrons. The van der Waals surface area contributed by atoms with Crippen LogP contribution in [-0.4, -0.2) is 51.0 Å². The molecule has 0 aromatic carbocycles. The second kappa shape index (κ2) is 6.23. The highest BCUT2D eigenvalue weighted by molar-refractivity contribution is 5.43. The van der Waals surface area contributed by atoms with E-state index in [0.717, 1.165) is 55.6 Å². The third kappa shape index (κ3) is 3.48. The lowest BCUT2D eigenvalue weighted by Gasteiger charge is -2.35. The van der Waals surface area contributed by atoms with E-state index in [9.17, 15) is 0 Å². The highest BCUT2D eigenvalue weighted by Crippen LogP contribution is 2.16. The Hall–Kier alpha value is -2.28. The number of hydrogen-bond acceptors (Lipinski definition) is 7. The van der Waals surface area contributed by atoms with Crippen molar-refractivity contribution >= 4 is 11.8 Å². The molecule has 0 aliphatic carbocycles. The monoisotopic (exact) mass is 299 g/mol. The van der Waals surface area contributed by atoms with Crippen LogP contribution in [0.15, 0.2) is 18.5 Å². The molecule has 3 rings (SSSR count). The molecule has 2 aromatic rings. The SMILES string of the molecule is Cc1cnc(CN2CCN(c3cc(C)nc(N)n3)CC2)cn1. The lowest BCUT2D eigenvalue weighted by Crippen LogP contribution is -2.46. The summed E-state index contributed by atoms with van der Waals surface area (Å²) in [5, 5.41) is 0. The first-order valence-corrected chi connectivity index (χ1v) is 7.46. The minimum absolute atomic E-state index is 0.340. The first-order chi connectivity index (χ1) is 10.6. The van der Waals surface area contributed by atoms with Crippen LogP contribution in [0.1, 0.15) is 17.1 Å². The summed E-state index contributed by atoms with van der Waals surface area (Å²) in [6.07, 6.45) is 3.67. The Morgan fingerprint density at radius 2 is 1.77 bits per heavy atom. The van der Waals surface area contributed by atoms with E-state index in [1.165, 1.54) is 0 Å². The number of aryl methyl sites for hydroxylation is 2. The Morgan fingerprint density at radius 1 is 1.00 bits per heavy atom. The summed E-state index contributed by atoms with van der Waals surface area (Å²) >= 11 is 0. The first kappa shape index (κ1) is 14.6. The van der Waals surface area contributed by atoms with Crippen LogP contribution in [0.3, 0.4) is 0 Å². The number of nitrogen functional groups attached to an aromatic ring is 1. The smallest absolute Gasteiger partial charge is 0.222 e. The van der Waals surface area contributed by atoms with Crippen LogP contribution in [-0.2, 0) is 6.54 Å². The first-order valence-electron chi connectivity index (χ1n) is 7.46. The van der Waals surface area contributed by atoms with E-state index in [2.05, 4.69) is 29.7 Å². The molecule has 0 bridgehead atoms. The van der Waals surface area contributed by atoms with E-state index >= 15 is 0 Å². The molecule has 0 saturated carbocycles. The standard InChI is InChI=1S/C15H21N7/c1-11-7-14(20-15(16)19-11)22-5-3-21(4-6-22)10-13-9-17-12(2)8-18-13/h7-9H,3-6,10H2,1-2H3,(H2,16,19,20). The van der Waals surface area contributed by atoms with Crippen LogP contribution >= 0.6 is 0 Å². The zero-order valence-corrected chi connectivity index (χ0v) is 13.0. The van der Waals surface area contributed by atoms with E-state index in [4.69, 9.17) is 5.73 Å². The minimum Gasteiger partial charge on any atom is -0.368 e. The molecule has 1 saturated heterocycles. The maximum absolute atomic E-state index is 5.73. The predicted octanol–water partition coefficient (Wildman–Crippen LogP) is 0.788. The summed E-state index contributed by atoms with van der Waals surface area (Å²) in [6, 6.07) is 1.98. The number of nitrogens with two attached hydrogens (primary N) is 1. The second-order valence-electron chi connectivity index (χ2n) is 5.64. The largest absolute Gasteiger partial charge is 0.368 e. The Bertz CT molecular complexity index is 613. The van der Waals surface area contributed by atoms with E-state index in [1.807, 2.05) is 32.3 Å². The molecular weight excluding hydrogens is 278 g/mol. The van der Waals surface area contributed by atoms with Gasteiger partial charge in [-0.15, -0.1) is 0 Å². The number of rotatable bonds is 3. The van der Waals surface area contributed by atoms with Gasteiger partial charge in [-0.2, -0.15) is 4.98 Å². The molecular formula is C15H21N7. The third-order valence-corrected chi connectivity index (χ3v) is 3.77. The molecule has 1 aliphatic rings. The number of nitrogens with zero attached hydrogens (tertiary/aromatic N) is 6. The fourth-order valence-electron chi connectivity index (χ4n) is 2.60. The van der Waals surface area contributed by atoms with Crippen molar-refractivity contribution in [1.82, 2.24) is 24.8 Å². The fourth-order valence-corrected chi connectivity index (χ4v) is 2.60. The van der Waals surface area contributed by atoms with E-state index < -0.39 is 0 Å². The second-order valence-corrected chi connectivity index (χ2v) is 5.64. The van der Waals surface area contributed by atoms with Gasteiger partial charge < -0.3 is 10.6 Å². The molecule has 1 aliphatic heterocycles. The van der Waals surface area contributed by atoms with Gasteiger partial charge in [-0.1, -0.05) is 0 Å². The highest BCUT2D eigenvalue weighted by atomic mass is 15.3. The molecule has 116 valence electrons. The van der Waals surface area contributed by atoms with Crippen LogP contribution in [0.5, 0.6) is 0 Å². The zero-order valence-electron chi connectivity index (χ0n) is 13.0. The summed E-state index contributed by atoms with van der Waals surface area (Å²) in [6.45, 7) is 8.52. The lowest BCUT2D eigenvalue weighted by molar-refractivity contribution is 0.246. The van der Waals surface area contributed by atoms with Gasteiger partial charge in [0.15, 0.2) is 0 Å². The normalized spacial score (nSPS) is 16.0. The molecule has 0 unspecified atom stereocenters. The number of aromatic nitrogens is 4. The van der Waals surface area contributed by atoms with Crippen molar-refractivity contribution in [2.75, 3.05) is 36.8 Å². The number of piperazine rings is 1. The molecule has 0 spiro atoms. The average Bonchev–Trinajstić information content (AvgIpc) is 2.49. The Morgan fingerprint density at radius 3 is 2.41 bits per heavy atom. The summed E-state index contributed by atoms with van der Waals surface area (Å²) in [5.74, 6) is 1.26. The Balaban J connectivity index is 1.59. The van der Waals surface area contributed by atoms with Crippen molar-refractivity contribution in [2.24, 2.45) is 0 Å². The number of hydrogen-bond donors (Lipinski definition) is 1. The van der Waals surface area contributed by atoms with E-state index in [1.54, 1.807) is 0 Å². The van der Waals surface area contributed by atoms with Crippen molar-refractivity contribution in [3.63, 3.8) is 0 Å². The van der Waals surface area contributed by atoms with Gasteiger partial charge in [0.05, 0.1) is 11.4 Å². The summed E-state index contributed by atoms with van der Waals surface area (Å²) in [5.41, 5.74) is 8.60. The molecule has 0 amide bonds. The molecule has 2 aromatic heterocycles. The van der Waals surface area contributed by atoms with Gasteiger partial charge >= 0.3 is 0 Å². The van der Waals surface area contributed by atoms with E-state index in [0.29, 0.717) is 5.95 Å². The van der Waals surface area contributed by atoms with Crippen molar-refractivity contribution in [2.45, 2.75) is 20.4 Å². The van der Waals surface area contributed by atoms with Crippen LogP contribution in [0.4, 0.5) is 11.8 Å². The summed E-state index contributed by atoms with van der Waals surface area (Å²) in [4.78, 5) is 21.8.